The number of pyridine rings is 2. The Morgan fingerprint density at radius 3 is 2.63 bits per heavy atom. The fraction of sp³-hybridized carbons (Fsp3) is 0.0909. The maximum atomic E-state index is 13.0. The number of anilines is 1. The van der Waals surface area contributed by atoms with E-state index in [1.54, 1.807) is 48.7 Å². The Morgan fingerprint density at radius 1 is 1.13 bits per heavy atom. The molecular formula is C22H16ClN3O4. The number of aromatic nitrogens is 2. The second-order valence-electron chi connectivity index (χ2n) is 6.49. The van der Waals surface area contributed by atoms with Gasteiger partial charge in [-0.15, -0.1) is 0 Å². The minimum atomic E-state index is -0.919. The minimum absolute atomic E-state index is 0.0979. The number of carbonyl (C=O) groups is 2. The molecule has 150 valence electrons. The number of amides is 1. The number of ether oxygens (including phenoxy) is 1. The van der Waals surface area contributed by atoms with Gasteiger partial charge in [0, 0.05) is 23.6 Å². The Kier molecular flexibility index (Phi) is 5.20. The van der Waals surface area contributed by atoms with Crippen LogP contribution in [0.5, 0.6) is 5.75 Å². The smallest absolute Gasteiger partial charge is 0.301 e. The number of hydrogen-bond donors (Lipinski definition) is 1. The van der Waals surface area contributed by atoms with Gasteiger partial charge in [-0.05, 0) is 42.0 Å². The highest BCUT2D eigenvalue weighted by atomic mass is 35.5. The van der Waals surface area contributed by atoms with E-state index in [1.165, 1.54) is 30.5 Å². The number of ketones is 1. The van der Waals surface area contributed by atoms with Gasteiger partial charge in [0.1, 0.15) is 17.3 Å². The summed E-state index contributed by atoms with van der Waals surface area (Å²) < 4.78 is 5.31. The van der Waals surface area contributed by atoms with Crippen LogP contribution in [-0.4, -0.2) is 33.9 Å². The predicted octanol–water partition coefficient (Wildman–Crippen LogP) is 3.76. The van der Waals surface area contributed by atoms with Crippen molar-refractivity contribution in [3.05, 3.63) is 88.8 Å². The van der Waals surface area contributed by atoms with Gasteiger partial charge in [0.05, 0.1) is 24.3 Å². The zero-order valence-electron chi connectivity index (χ0n) is 15.8. The van der Waals surface area contributed by atoms with Crippen molar-refractivity contribution in [3.8, 4) is 5.75 Å². The van der Waals surface area contributed by atoms with Crippen LogP contribution >= 0.6 is 11.6 Å². The van der Waals surface area contributed by atoms with E-state index in [0.29, 0.717) is 16.3 Å². The van der Waals surface area contributed by atoms with Gasteiger partial charge in [0.25, 0.3) is 5.78 Å². The van der Waals surface area contributed by atoms with E-state index < -0.39 is 17.7 Å². The number of rotatable bonds is 4. The summed E-state index contributed by atoms with van der Waals surface area (Å²) in [4.78, 5) is 35.6. The van der Waals surface area contributed by atoms with E-state index in [1.807, 2.05) is 0 Å². The summed E-state index contributed by atoms with van der Waals surface area (Å²) >= 11 is 6.10. The maximum absolute atomic E-state index is 13.0. The first-order valence-electron chi connectivity index (χ1n) is 8.98. The molecule has 1 fully saturated rings. The molecule has 30 heavy (non-hydrogen) atoms. The van der Waals surface area contributed by atoms with Crippen LogP contribution in [0.3, 0.4) is 0 Å². The first-order valence-corrected chi connectivity index (χ1v) is 9.36. The van der Waals surface area contributed by atoms with Crippen LogP contribution in [0.4, 0.5) is 5.82 Å². The Morgan fingerprint density at radius 2 is 1.97 bits per heavy atom. The molecule has 1 aliphatic heterocycles. The van der Waals surface area contributed by atoms with Gasteiger partial charge in [0.15, 0.2) is 0 Å². The molecule has 1 N–H and O–H groups in total. The quantitative estimate of drug-likeness (QED) is 0.391. The van der Waals surface area contributed by atoms with Gasteiger partial charge >= 0.3 is 5.91 Å². The van der Waals surface area contributed by atoms with Crippen LogP contribution < -0.4 is 9.64 Å². The first kappa shape index (κ1) is 19.6. The molecule has 0 unspecified atom stereocenters. The van der Waals surface area contributed by atoms with Gasteiger partial charge in [-0.25, -0.2) is 4.98 Å². The molecule has 0 bridgehead atoms. The molecule has 1 atom stereocenters. The van der Waals surface area contributed by atoms with Crippen molar-refractivity contribution in [2.45, 2.75) is 6.04 Å². The van der Waals surface area contributed by atoms with Gasteiger partial charge < -0.3 is 9.84 Å². The van der Waals surface area contributed by atoms with Crippen LogP contribution in [0.1, 0.15) is 17.2 Å². The topological polar surface area (TPSA) is 92.6 Å². The first-order chi connectivity index (χ1) is 14.5. The van der Waals surface area contributed by atoms with Crippen molar-refractivity contribution >= 4 is 34.9 Å². The third kappa shape index (κ3) is 3.29. The average Bonchev–Trinajstić information content (AvgIpc) is 3.05. The lowest BCUT2D eigenvalue weighted by molar-refractivity contribution is -0.132. The summed E-state index contributed by atoms with van der Waals surface area (Å²) in [6.45, 7) is 0. The second kappa shape index (κ2) is 7.96. The van der Waals surface area contributed by atoms with Crippen LogP contribution in [0.15, 0.2) is 72.7 Å². The Bertz CT molecular complexity index is 1150. The normalized spacial score (nSPS) is 17.9. The number of methoxy groups -OCH3 is 1. The molecule has 3 heterocycles. The summed E-state index contributed by atoms with van der Waals surface area (Å²) in [7, 11) is 1.44. The fourth-order valence-electron chi connectivity index (χ4n) is 3.43. The van der Waals surface area contributed by atoms with E-state index in [4.69, 9.17) is 16.3 Å². The largest absolute Gasteiger partial charge is 0.507 e. The number of aliphatic hydroxyl groups excluding tert-OH is 1. The number of carbonyl (C=O) groups excluding carboxylic acids is 2. The Hall–Kier alpha value is -3.71. The standard InChI is InChI=1S/C22H16ClN3O4/c1-30-16-8-7-14(23)11-15(16)20(27)18-19(13-5-4-9-24-12-13)26(22(29)21(18)28)17-6-2-3-10-25-17/h2-12,19,27H,1H3/b20-18+/t19-/m0/s1. The molecule has 7 nitrogen and oxygen atoms in total. The van der Waals surface area contributed by atoms with Gasteiger partial charge in [-0.2, -0.15) is 0 Å². The zero-order valence-corrected chi connectivity index (χ0v) is 16.6. The summed E-state index contributed by atoms with van der Waals surface area (Å²) in [6, 6.07) is 12.2. The second-order valence-corrected chi connectivity index (χ2v) is 6.92. The number of nitrogens with zero attached hydrogens (tertiary/aromatic N) is 3. The molecule has 0 radical (unpaired) electrons. The van der Waals surface area contributed by atoms with Gasteiger partial charge in [-0.3, -0.25) is 19.5 Å². The average molecular weight is 422 g/mol. The SMILES string of the molecule is COc1ccc(Cl)cc1/C(O)=C1\C(=O)C(=O)N(c2ccccn2)[C@H]1c1cccnc1. The van der Waals surface area contributed by atoms with Crippen molar-refractivity contribution in [3.63, 3.8) is 0 Å². The maximum Gasteiger partial charge on any atom is 0.301 e. The summed E-state index contributed by atoms with van der Waals surface area (Å²) in [6.07, 6.45) is 4.64. The highest BCUT2D eigenvalue weighted by molar-refractivity contribution is 6.51. The zero-order chi connectivity index (χ0) is 21.3. The van der Waals surface area contributed by atoms with Gasteiger partial charge in [-0.1, -0.05) is 23.7 Å². The van der Waals surface area contributed by atoms with Crippen molar-refractivity contribution in [2.75, 3.05) is 12.0 Å². The highest BCUT2D eigenvalue weighted by Gasteiger charge is 2.47. The molecule has 1 aliphatic rings. The molecule has 2 aromatic heterocycles. The van der Waals surface area contributed by atoms with Crippen molar-refractivity contribution in [1.82, 2.24) is 9.97 Å². The number of halogens is 1. The van der Waals surface area contributed by atoms with Gasteiger partial charge in [0.2, 0.25) is 0 Å². The Labute approximate surface area is 177 Å². The lowest BCUT2D eigenvalue weighted by atomic mass is 9.96. The molecule has 4 rings (SSSR count). The van der Waals surface area contributed by atoms with Crippen molar-refractivity contribution in [2.24, 2.45) is 0 Å². The van der Waals surface area contributed by atoms with E-state index in [-0.39, 0.29) is 22.7 Å². The molecule has 8 heteroatoms. The molecule has 0 spiro atoms. The highest BCUT2D eigenvalue weighted by Crippen LogP contribution is 2.42. The van der Waals surface area contributed by atoms with E-state index in [2.05, 4.69) is 9.97 Å². The molecular weight excluding hydrogens is 406 g/mol. The lowest BCUT2D eigenvalue weighted by Gasteiger charge is -2.24. The van der Waals surface area contributed by atoms with Crippen LogP contribution in [0, 0.1) is 0 Å². The van der Waals surface area contributed by atoms with Crippen LogP contribution in [0.2, 0.25) is 5.02 Å². The fourth-order valence-corrected chi connectivity index (χ4v) is 3.60. The Balaban J connectivity index is 1.98. The molecule has 1 aromatic carbocycles. The lowest BCUT2D eigenvalue weighted by Crippen LogP contribution is -2.30. The van der Waals surface area contributed by atoms with Crippen molar-refractivity contribution < 1.29 is 19.4 Å². The van der Waals surface area contributed by atoms with E-state index in [9.17, 15) is 14.7 Å². The molecule has 0 saturated carbocycles. The number of aliphatic hydroxyl groups is 1. The van der Waals surface area contributed by atoms with E-state index >= 15 is 0 Å². The third-order valence-electron chi connectivity index (χ3n) is 4.76. The van der Waals surface area contributed by atoms with E-state index in [0.717, 1.165) is 0 Å². The summed E-state index contributed by atoms with van der Waals surface area (Å²) in [5.41, 5.74) is 0.655. The number of hydrogen-bond acceptors (Lipinski definition) is 6. The number of Topliss-reactive ketones (excluding diaryl/α,β-unsaturated/α-hetero) is 1. The summed E-state index contributed by atoms with van der Waals surface area (Å²) in [5, 5.41) is 11.5. The third-order valence-corrected chi connectivity index (χ3v) is 4.99. The molecule has 1 saturated heterocycles. The van der Waals surface area contributed by atoms with Crippen LogP contribution in [-0.2, 0) is 9.59 Å². The predicted molar refractivity (Wildman–Crippen MR) is 111 cm³/mol. The molecule has 0 aliphatic carbocycles. The van der Waals surface area contributed by atoms with Crippen LogP contribution in [0.25, 0.3) is 5.76 Å². The minimum Gasteiger partial charge on any atom is -0.507 e. The monoisotopic (exact) mass is 421 g/mol. The molecule has 1 amide bonds. The molecule has 3 aromatic rings. The number of benzene rings is 1. The van der Waals surface area contributed by atoms with Crippen molar-refractivity contribution in [1.29, 1.82) is 0 Å². The summed E-state index contributed by atoms with van der Waals surface area (Å²) in [5.74, 6) is -1.43.